The SMILES string of the molecule is Cc1ccc2c(c1)OC1(CCN(C(=O)[C@H]3C[C@@H]3C)CC1)c1c-2nn(C2CNC(C)(C)C2)c1C. The number of aromatic nitrogens is 2. The van der Waals surface area contributed by atoms with E-state index in [1.54, 1.807) is 0 Å². The summed E-state index contributed by atoms with van der Waals surface area (Å²) in [5.74, 6) is 2.07. The first-order valence-corrected chi connectivity index (χ1v) is 12.6. The molecule has 1 amide bonds. The number of likely N-dealkylation sites (tertiary alicyclic amines) is 1. The van der Waals surface area contributed by atoms with E-state index in [0.29, 0.717) is 17.9 Å². The second-order valence-corrected chi connectivity index (χ2v) is 11.6. The molecule has 2 saturated heterocycles. The summed E-state index contributed by atoms with van der Waals surface area (Å²) in [6.45, 7) is 13.5. The summed E-state index contributed by atoms with van der Waals surface area (Å²) in [5.41, 5.74) is 5.55. The first-order chi connectivity index (χ1) is 15.7. The third-order valence-electron chi connectivity index (χ3n) is 8.52. The number of nitrogens with zero attached hydrogens (tertiary/aromatic N) is 3. The molecule has 0 bridgehead atoms. The van der Waals surface area contributed by atoms with Gasteiger partial charge in [-0.05, 0) is 64.2 Å². The van der Waals surface area contributed by atoms with Crippen LogP contribution in [0, 0.1) is 25.7 Å². The van der Waals surface area contributed by atoms with Gasteiger partial charge in [-0.1, -0.05) is 13.0 Å². The van der Waals surface area contributed by atoms with E-state index in [1.165, 1.54) is 16.8 Å². The summed E-state index contributed by atoms with van der Waals surface area (Å²) in [6.07, 6.45) is 3.75. The topological polar surface area (TPSA) is 59.4 Å². The number of benzene rings is 1. The van der Waals surface area contributed by atoms with Crippen molar-refractivity contribution in [3.8, 4) is 17.0 Å². The van der Waals surface area contributed by atoms with Gasteiger partial charge in [0.15, 0.2) is 0 Å². The molecule has 3 aliphatic heterocycles. The van der Waals surface area contributed by atoms with Crippen molar-refractivity contribution in [2.45, 2.75) is 77.5 Å². The van der Waals surface area contributed by atoms with Gasteiger partial charge in [0.25, 0.3) is 0 Å². The van der Waals surface area contributed by atoms with E-state index in [-0.39, 0.29) is 11.5 Å². The molecule has 6 heteroatoms. The molecule has 6 nitrogen and oxygen atoms in total. The van der Waals surface area contributed by atoms with Gasteiger partial charge in [-0.15, -0.1) is 0 Å². The Bertz CT molecular complexity index is 1130. The number of rotatable bonds is 2. The van der Waals surface area contributed by atoms with Crippen LogP contribution in [0.2, 0.25) is 0 Å². The molecule has 2 aromatic rings. The number of carbonyl (C=O) groups is 1. The molecule has 1 N–H and O–H groups in total. The molecule has 4 aliphatic rings. The van der Waals surface area contributed by atoms with E-state index in [9.17, 15) is 4.79 Å². The van der Waals surface area contributed by atoms with Gasteiger partial charge < -0.3 is 15.0 Å². The Balaban J connectivity index is 1.39. The molecular weight excluding hydrogens is 412 g/mol. The maximum absolute atomic E-state index is 12.9. The molecule has 3 atom stereocenters. The van der Waals surface area contributed by atoms with Gasteiger partial charge in [0, 0.05) is 60.8 Å². The number of nitrogens with one attached hydrogen (secondary N) is 1. The Kier molecular flexibility index (Phi) is 4.55. The van der Waals surface area contributed by atoms with E-state index in [0.717, 1.165) is 62.3 Å². The van der Waals surface area contributed by atoms with Crippen molar-refractivity contribution in [1.29, 1.82) is 0 Å². The molecule has 1 saturated carbocycles. The zero-order valence-electron chi connectivity index (χ0n) is 20.6. The van der Waals surface area contributed by atoms with Crippen molar-refractivity contribution >= 4 is 5.91 Å². The van der Waals surface area contributed by atoms with Crippen LogP contribution in [0.4, 0.5) is 0 Å². The number of hydrogen-bond acceptors (Lipinski definition) is 4. The van der Waals surface area contributed by atoms with Gasteiger partial charge in [0.05, 0.1) is 6.04 Å². The van der Waals surface area contributed by atoms with Gasteiger partial charge in [-0.2, -0.15) is 5.10 Å². The predicted molar refractivity (Wildman–Crippen MR) is 128 cm³/mol. The first kappa shape index (κ1) is 21.2. The number of hydrogen-bond donors (Lipinski definition) is 1. The lowest BCUT2D eigenvalue weighted by Gasteiger charge is -2.44. The van der Waals surface area contributed by atoms with Crippen LogP contribution in [0.5, 0.6) is 5.75 Å². The minimum absolute atomic E-state index is 0.123. The monoisotopic (exact) mass is 448 g/mol. The van der Waals surface area contributed by atoms with Crippen molar-refractivity contribution < 1.29 is 9.53 Å². The van der Waals surface area contributed by atoms with Crippen LogP contribution in [0.1, 0.15) is 69.3 Å². The Morgan fingerprint density at radius 3 is 2.58 bits per heavy atom. The molecule has 33 heavy (non-hydrogen) atoms. The van der Waals surface area contributed by atoms with Gasteiger partial charge in [-0.3, -0.25) is 9.48 Å². The van der Waals surface area contributed by atoms with Gasteiger partial charge in [0.1, 0.15) is 17.0 Å². The highest BCUT2D eigenvalue weighted by atomic mass is 16.5. The van der Waals surface area contributed by atoms with Crippen LogP contribution >= 0.6 is 0 Å². The highest BCUT2D eigenvalue weighted by molar-refractivity contribution is 5.82. The van der Waals surface area contributed by atoms with Crippen LogP contribution in [0.3, 0.4) is 0 Å². The quantitative estimate of drug-likeness (QED) is 0.742. The summed E-state index contributed by atoms with van der Waals surface area (Å²) in [6, 6.07) is 6.81. The average molecular weight is 449 g/mol. The molecule has 1 spiro atoms. The molecule has 1 aromatic heterocycles. The molecule has 1 aromatic carbocycles. The number of aryl methyl sites for hydroxylation is 1. The molecule has 6 rings (SSSR count). The second-order valence-electron chi connectivity index (χ2n) is 11.6. The maximum Gasteiger partial charge on any atom is 0.225 e. The first-order valence-electron chi connectivity index (χ1n) is 12.6. The zero-order chi connectivity index (χ0) is 23.1. The van der Waals surface area contributed by atoms with Crippen LogP contribution in [-0.2, 0) is 10.4 Å². The van der Waals surface area contributed by atoms with Gasteiger partial charge >= 0.3 is 0 Å². The summed E-state index contributed by atoms with van der Waals surface area (Å²) in [4.78, 5) is 15.0. The van der Waals surface area contributed by atoms with Crippen LogP contribution in [0.15, 0.2) is 18.2 Å². The van der Waals surface area contributed by atoms with Gasteiger partial charge in [-0.25, -0.2) is 0 Å². The molecule has 0 radical (unpaired) electrons. The highest BCUT2D eigenvalue weighted by Crippen LogP contribution is 2.52. The maximum atomic E-state index is 12.9. The van der Waals surface area contributed by atoms with E-state index in [2.05, 4.69) is 67.7 Å². The van der Waals surface area contributed by atoms with E-state index < -0.39 is 5.60 Å². The van der Waals surface area contributed by atoms with Crippen molar-refractivity contribution in [2.75, 3.05) is 19.6 Å². The lowest BCUT2D eigenvalue weighted by Crippen LogP contribution is -2.49. The summed E-state index contributed by atoms with van der Waals surface area (Å²) in [5, 5.41) is 8.89. The number of carbonyl (C=O) groups excluding carboxylic acids is 1. The fraction of sp³-hybridized carbons (Fsp3) is 0.630. The molecule has 1 aliphatic carbocycles. The fourth-order valence-corrected chi connectivity index (χ4v) is 6.42. The fourth-order valence-electron chi connectivity index (χ4n) is 6.42. The van der Waals surface area contributed by atoms with E-state index in [4.69, 9.17) is 9.84 Å². The zero-order valence-corrected chi connectivity index (χ0v) is 20.6. The lowest BCUT2D eigenvalue weighted by molar-refractivity contribution is -0.136. The van der Waals surface area contributed by atoms with Crippen LogP contribution in [0.25, 0.3) is 11.3 Å². The third kappa shape index (κ3) is 3.32. The number of amides is 1. The standard InChI is InChI=1S/C27H36N4O2/c1-16-6-7-20-22(12-16)33-27(8-10-30(11-9-27)25(32)21-13-17(21)2)23-18(3)31(29-24(20)23)19-14-26(4,5)28-15-19/h6-7,12,17,19,21,28H,8-11,13-15H2,1-5H3/t17-,19?,21-/m0/s1. The minimum atomic E-state index is -0.411. The Hall–Kier alpha value is -2.34. The number of fused-ring (bicyclic) bond motifs is 4. The lowest BCUT2D eigenvalue weighted by atomic mass is 9.79. The van der Waals surface area contributed by atoms with E-state index in [1.807, 2.05) is 0 Å². The molecule has 4 heterocycles. The number of ether oxygens (including phenoxy) is 1. The van der Waals surface area contributed by atoms with Crippen molar-refractivity contribution in [3.05, 3.63) is 35.0 Å². The van der Waals surface area contributed by atoms with Gasteiger partial charge in [0.2, 0.25) is 5.91 Å². The van der Waals surface area contributed by atoms with E-state index >= 15 is 0 Å². The molecule has 176 valence electrons. The summed E-state index contributed by atoms with van der Waals surface area (Å²) in [7, 11) is 0. The average Bonchev–Trinajstić information content (AvgIpc) is 3.23. The highest BCUT2D eigenvalue weighted by Gasteiger charge is 2.50. The van der Waals surface area contributed by atoms with Crippen LogP contribution < -0.4 is 10.1 Å². The Labute approximate surface area is 196 Å². The van der Waals surface area contributed by atoms with Crippen LogP contribution in [-0.4, -0.2) is 45.8 Å². The summed E-state index contributed by atoms with van der Waals surface area (Å²) >= 11 is 0. The van der Waals surface area contributed by atoms with Crippen molar-refractivity contribution in [3.63, 3.8) is 0 Å². The van der Waals surface area contributed by atoms with Crippen molar-refractivity contribution in [1.82, 2.24) is 20.0 Å². The largest absolute Gasteiger partial charge is 0.482 e. The Morgan fingerprint density at radius 1 is 1.21 bits per heavy atom. The molecule has 3 fully saturated rings. The smallest absolute Gasteiger partial charge is 0.225 e. The summed E-state index contributed by atoms with van der Waals surface area (Å²) < 4.78 is 9.14. The minimum Gasteiger partial charge on any atom is -0.482 e. The van der Waals surface area contributed by atoms with Crippen molar-refractivity contribution in [2.24, 2.45) is 11.8 Å². The number of piperidine rings is 1. The normalized spacial score (nSPS) is 28.9. The third-order valence-corrected chi connectivity index (χ3v) is 8.52. The second kappa shape index (κ2) is 7.08. The predicted octanol–water partition coefficient (Wildman–Crippen LogP) is 4.35. The molecule has 1 unspecified atom stereocenters. The molecular formula is C27H36N4O2. The Morgan fingerprint density at radius 2 is 1.94 bits per heavy atom.